The second-order valence-electron chi connectivity index (χ2n) is 8.07. The Bertz CT molecular complexity index is 731. The number of rotatable bonds is 3. The van der Waals surface area contributed by atoms with Crippen molar-refractivity contribution in [3.8, 4) is 0 Å². The third-order valence-electron chi connectivity index (χ3n) is 5.37. The first-order chi connectivity index (χ1) is 10.9. The van der Waals surface area contributed by atoms with Gasteiger partial charge in [0.2, 0.25) is 0 Å². The van der Waals surface area contributed by atoms with Gasteiger partial charge < -0.3 is 14.9 Å². The SMILES string of the molecule is Cc1cn([C@H]2C[C@H](O)[C@@H](CO)O2)c(=O)n([Si](C)(C)C(C)(C)C)c1=O. The lowest BCUT2D eigenvalue weighted by Crippen LogP contribution is -2.59. The Morgan fingerprint density at radius 2 is 1.92 bits per heavy atom. The molecule has 24 heavy (non-hydrogen) atoms. The Morgan fingerprint density at radius 3 is 2.38 bits per heavy atom. The summed E-state index contributed by atoms with van der Waals surface area (Å²) in [6.07, 6.45) is -0.526. The Balaban J connectivity index is 2.63. The lowest BCUT2D eigenvalue weighted by Gasteiger charge is -2.37. The van der Waals surface area contributed by atoms with Crippen LogP contribution in [0.5, 0.6) is 0 Å². The average Bonchev–Trinajstić information content (AvgIpc) is 2.82. The lowest BCUT2D eigenvalue weighted by molar-refractivity contribution is -0.0461. The highest BCUT2D eigenvalue weighted by molar-refractivity contribution is 6.78. The van der Waals surface area contributed by atoms with E-state index in [0.717, 1.165) is 0 Å². The minimum absolute atomic E-state index is 0.189. The number of aliphatic hydroxyl groups excluding tert-OH is 2. The van der Waals surface area contributed by atoms with Crippen molar-refractivity contribution in [2.24, 2.45) is 0 Å². The van der Waals surface area contributed by atoms with E-state index in [0.29, 0.717) is 5.56 Å². The second-order valence-corrected chi connectivity index (χ2v) is 13.1. The van der Waals surface area contributed by atoms with Gasteiger partial charge in [-0.2, -0.15) is 0 Å². The fourth-order valence-corrected chi connectivity index (χ4v) is 4.73. The summed E-state index contributed by atoms with van der Waals surface area (Å²) < 4.78 is 8.39. The molecule has 8 heteroatoms. The van der Waals surface area contributed by atoms with E-state index in [1.807, 2.05) is 33.9 Å². The second kappa shape index (κ2) is 6.25. The first-order valence-electron chi connectivity index (χ1n) is 8.21. The van der Waals surface area contributed by atoms with Gasteiger partial charge in [-0.15, -0.1) is 0 Å². The Labute approximate surface area is 142 Å². The van der Waals surface area contributed by atoms with E-state index in [-0.39, 0.29) is 23.6 Å². The molecular weight excluding hydrogens is 328 g/mol. The zero-order valence-corrected chi connectivity index (χ0v) is 16.2. The molecule has 1 fully saturated rings. The molecule has 0 saturated carbocycles. The number of aromatic nitrogens is 2. The van der Waals surface area contributed by atoms with Crippen LogP contribution in [0.2, 0.25) is 18.1 Å². The van der Waals surface area contributed by atoms with Crippen LogP contribution < -0.4 is 11.2 Å². The van der Waals surface area contributed by atoms with E-state index in [4.69, 9.17) is 4.74 Å². The van der Waals surface area contributed by atoms with Crippen molar-refractivity contribution in [2.45, 2.75) is 70.7 Å². The van der Waals surface area contributed by atoms with Crippen molar-refractivity contribution < 1.29 is 14.9 Å². The molecule has 1 aliphatic heterocycles. The molecule has 0 spiro atoms. The van der Waals surface area contributed by atoms with Gasteiger partial charge >= 0.3 is 5.69 Å². The van der Waals surface area contributed by atoms with Gasteiger partial charge in [-0.25, -0.2) is 4.79 Å². The molecule has 1 aromatic rings. The van der Waals surface area contributed by atoms with Crippen LogP contribution in [0.3, 0.4) is 0 Å². The maximum absolute atomic E-state index is 13.1. The Morgan fingerprint density at radius 1 is 1.33 bits per heavy atom. The number of nitrogens with zero attached hydrogens (tertiary/aromatic N) is 2. The van der Waals surface area contributed by atoms with E-state index < -0.39 is 32.4 Å². The average molecular weight is 356 g/mol. The smallest absolute Gasteiger partial charge is 0.324 e. The lowest BCUT2D eigenvalue weighted by atomic mass is 10.2. The van der Waals surface area contributed by atoms with Gasteiger partial charge in [0.1, 0.15) is 12.3 Å². The zero-order chi connectivity index (χ0) is 18.4. The van der Waals surface area contributed by atoms with Crippen LogP contribution in [0, 0.1) is 6.92 Å². The number of aryl methyl sites for hydroxylation is 1. The molecule has 136 valence electrons. The van der Waals surface area contributed by atoms with E-state index in [1.54, 1.807) is 6.92 Å². The first-order valence-corrected chi connectivity index (χ1v) is 11.2. The quantitative estimate of drug-likeness (QED) is 0.782. The first kappa shape index (κ1) is 19.1. The standard InChI is InChI=1S/C16H28N2O5Si/c1-10-8-17(13-7-11(20)12(9-19)23-13)15(22)18(14(10)21)24(5,6)16(2,3)4/h8,11-13,19-20H,7,9H2,1-6H3/t11-,12+,13+/m0/s1. The molecule has 0 radical (unpaired) electrons. The van der Waals surface area contributed by atoms with Gasteiger partial charge in [0.15, 0.2) is 8.24 Å². The summed E-state index contributed by atoms with van der Waals surface area (Å²) in [5.41, 5.74) is -0.210. The molecule has 1 aliphatic rings. The van der Waals surface area contributed by atoms with Crippen LogP contribution in [0.15, 0.2) is 15.8 Å². The topological polar surface area (TPSA) is 93.7 Å². The molecule has 2 N–H and O–H groups in total. The summed E-state index contributed by atoms with van der Waals surface area (Å²) in [7, 11) is -2.42. The summed E-state index contributed by atoms with van der Waals surface area (Å²) in [6.45, 7) is 11.5. The van der Waals surface area contributed by atoms with Crippen molar-refractivity contribution in [1.82, 2.24) is 8.80 Å². The normalized spacial score (nSPS) is 25.2. The third-order valence-corrected chi connectivity index (χ3v) is 10.6. The monoisotopic (exact) mass is 356 g/mol. The van der Waals surface area contributed by atoms with Gasteiger partial charge in [-0.05, 0) is 12.0 Å². The van der Waals surface area contributed by atoms with Crippen molar-refractivity contribution >= 4 is 8.24 Å². The fraction of sp³-hybridized carbons (Fsp3) is 0.750. The molecular formula is C16H28N2O5Si. The van der Waals surface area contributed by atoms with Crippen LogP contribution in [0.25, 0.3) is 0 Å². The highest BCUT2D eigenvalue weighted by atomic mass is 28.3. The summed E-state index contributed by atoms with van der Waals surface area (Å²) in [6, 6.07) is 0. The summed E-state index contributed by atoms with van der Waals surface area (Å²) >= 11 is 0. The van der Waals surface area contributed by atoms with E-state index in [1.165, 1.54) is 15.0 Å². The minimum Gasteiger partial charge on any atom is -0.394 e. The Hall–Kier alpha value is -1.22. The van der Waals surface area contributed by atoms with Gasteiger partial charge in [0.25, 0.3) is 5.56 Å². The van der Waals surface area contributed by atoms with Gasteiger partial charge in [0.05, 0.1) is 12.7 Å². The molecule has 2 heterocycles. The van der Waals surface area contributed by atoms with Crippen LogP contribution in [-0.2, 0) is 4.74 Å². The van der Waals surface area contributed by atoms with Crippen molar-refractivity contribution in [3.63, 3.8) is 0 Å². The summed E-state index contributed by atoms with van der Waals surface area (Å²) in [5, 5.41) is 19.0. The number of aliphatic hydroxyl groups is 2. The molecule has 0 aromatic carbocycles. The molecule has 0 bridgehead atoms. The molecule has 2 rings (SSSR count). The molecule has 0 unspecified atom stereocenters. The van der Waals surface area contributed by atoms with Crippen molar-refractivity contribution in [2.75, 3.05) is 6.61 Å². The van der Waals surface area contributed by atoms with Gasteiger partial charge in [0, 0.05) is 18.2 Å². The summed E-state index contributed by atoms with van der Waals surface area (Å²) in [4.78, 5) is 25.7. The van der Waals surface area contributed by atoms with Crippen molar-refractivity contribution in [3.05, 3.63) is 32.6 Å². The summed E-state index contributed by atoms with van der Waals surface area (Å²) in [5.74, 6) is 0. The van der Waals surface area contributed by atoms with Crippen LogP contribution in [-0.4, -0.2) is 46.1 Å². The highest BCUT2D eigenvalue weighted by Crippen LogP contribution is 2.35. The molecule has 7 nitrogen and oxygen atoms in total. The molecule has 0 amide bonds. The zero-order valence-electron chi connectivity index (χ0n) is 15.2. The van der Waals surface area contributed by atoms with Gasteiger partial charge in [-0.3, -0.25) is 13.6 Å². The third kappa shape index (κ3) is 3.03. The number of ether oxygens (including phenoxy) is 1. The molecule has 1 aromatic heterocycles. The maximum Gasteiger partial charge on any atom is 0.324 e. The predicted octanol–water partition coefficient (Wildman–Crippen LogP) is 0.812. The predicted molar refractivity (Wildman–Crippen MR) is 93.9 cm³/mol. The van der Waals surface area contributed by atoms with Crippen molar-refractivity contribution in [1.29, 1.82) is 0 Å². The Kier molecular flexibility index (Phi) is 4.98. The fourth-order valence-electron chi connectivity index (χ4n) is 2.78. The molecule has 0 aliphatic carbocycles. The van der Waals surface area contributed by atoms with Crippen LogP contribution in [0.4, 0.5) is 0 Å². The van der Waals surface area contributed by atoms with Gasteiger partial charge in [-0.1, -0.05) is 33.9 Å². The number of hydrogen-bond donors (Lipinski definition) is 2. The molecule has 3 atom stereocenters. The van der Waals surface area contributed by atoms with E-state index >= 15 is 0 Å². The van der Waals surface area contributed by atoms with E-state index in [2.05, 4.69) is 0 Å². The van der Waals surface area contributed by atoms with E-state index in [9.17, 15) is 19.8 Å². The number of hydrogen-bond acceptors (Lipinski definition) is 5. The van der Waals surface area contributed by atoms with Crippen LogP contribution in [0.1, 0.15) is 39.0 Å². The largest absolute Gasteiger partial charge is 0.394 e. The minimum atomic E-state index is -2.42. The maximum atomic E-state index is 13.1. The highest BCUT2D eigenvalue weighted by Gasteiger charge is 2.42. The van der Waals surface area contributed by atoms with Crippen LogP contribution >= 0.6 is 0 Å². The molecule has 1 saturated heterocycles.